The number of benzene rings is 1. The minimum Gasteiger partial charge on any atom is -0.445 e. The van der Waals surface area contributed by atoms with Gasteiger partial charge in [-0.1, -0.05) is 30.3 Å². The van der Waals surface area contributed by atoms with Crippen molar-refractivity contribution in [2.45, 2.75) is 31.9 Å². The number of likely N-dealkylation sites (tertiary alicyclic amines) is 1. The standard InChI is InChI=1S/C14H20N2O2/c15-13-7-4-9-16(10-8-13)14(17)18-11-12-5-2-1-3-6-12/h1-3,5-6,13H,4,7-11,15H2/t13-/m1/s1. The number of amides is 1. The maximum atomic E-state index is 11.9. The van der Waals surface area contributed by atoms with Gasteiger partial charge in [0.25, 0.3) is 0 Å². The van der Waals surface area contributed by atoms with E-state index in [0.717, 1.165) is 31.4 Å². The van der Waals surface area contributed by atoms with Crippen molar-refractivity contribution in [3.8, 4) is 0 Å². The molecule has 0 radical (unpaired) electrons. The Bertz CT molecular complexity index is 381. The molecule has 1 fully saturated rings. The SMILES string of the molecule is N[C@@H]1CCCN(C(=O)OCc2ccccc2)CC1. The Morgan fingerprint density at radius 3 is 2.83 bits per heavy atom. The van der Waals surface area contributed by atoms with Gasteiger partial charge in [0.1, 0.15) is 6.61 Å². The quantitative estimate of drug-likeness (QED) is 0.872. The van der Waals surface area contributed by atoms with E-state index in [0.29, 0.717) is 13.2 Å². The van der Waals surface area contributed by atoms with Crippen molar-refractivity contribution in [1.29, 1.82) is 0 Å². The number of carbonyl (C=O) groups is 1. The molecular formula is C14H20N2O2. The lowest BCUT2D eigenvalue weighted by Crippen LogP contribution is -2.33. The average molecular weight is 248 g/mol. The maximum absolute atomic E-state index is 11.9. The monoisotopic (exact) mass is 248 g/mol. The first kappa shape index (κ1) is 12.9. The van der Waals surface area contributed by atoms with Crippen molar-refractivity contribution >= 4 is 6.09 Å². The lowest BCUT2D eigenvalue weighted by molar-refractivity contribution is 0.0973. The van der Waals surface area contributed by atoms with Crippen molar-refractivity contribution in [2.24, 2.45) is 5.73 Å². The van der Waals surface area contributed by atoms with E-state index in [1.807, 2.05) is 30.3 Å². The highest BCUT2D eigenvalue weighted by Gasteiger charge is 2.19. The highest BCUT2D eigenvalue weighted by molar-refractivity contribution is 5.67. The second-order valence-electron chi connectivity index (χ2n) is 4.72. The van der Waals surface area contributed by atoms with Crippen LogP contribution in [0.3, 0.4) is 0 Å². The van der Waals surface area contributed by atoms with E-state index in [-0.39, 0.29) is 12.1 Å². The van der Waals surface area contributed by atoms with E-state index in [4.69, 9.17) is 10.5 Å². The van der Waals surface area contributed by atoms with Crippen LogP contribution in [0.1, 0.15) is 24.8 Å². The van der Waals surface area contributed by atoms with E-state index in [9.17, 15) is 4.79 Å². The van der Waals surface area contributed by atoms with Crippen LogP contribution in [0, 0.1) is 0 Å². The molecule has 1 aliphatic heterocycles. The van der Waals surface area contributed by atoms with Gasteiger partial charge in [0.15, 0.2) is 0 Å². The molecule has 0 saturated carbocycles. The number of hydrogen-bond donors (Lipinski definition) is 1. The third kappa shape index (κ3) is 3.74. The molecule has 0 aromatic heterocycles. The van der Waals surface area contributed by atoms with Crippen LogP contribution in [0.25, 0.3) is 0 Å². The van der Waals surface area contributed by atoms with Crippen molar-refractivity contribution in [3.05, 3.63) is 35.9 Å². The molecule has 0 unspecified atom stereocenters. The molecule has 1 aliphatic rings. The molecule has 1 saturated heterocycles. The first-order valence-electron chi connectivity index (χ1n) is 6.47. The molecule has 1 aromatic rings. The summed E-state index contributed by atoms with van der Waals surface area (Å²) < 4.78 is 5.30. The Kier molecular flexibility index (Phi) is 4.59. The zero-order valence-corrected chi connectivity index (χ0v) is 10.5. The summed E-state index contributed by atoms with van der Waals surface area (Å²) in [6.07, 6.45) is 2.58. The van der Waals surface area contributed by atoms with Crippen LogP contribution in [0.5, 0.6) is 0 Å². The first-order chi connectivity index (χ1) is 8.75. The fourth-order valence-corrected chi connectivity index (χ4v) is 2.12. The van der Waals surface area contributed by atoms with Crippen molar-refractivity contribution in [2.75, 3.05) is 13.1 Å². The summed E-state index contributed by atoms with van der Waals surface area (Å²) in [7, 11) is 0. The van der Waals surface area contributed by atoms with Crippen LogP contribution in [0.2, 0.25) is 0 Å². The van der Waals surface area contributed by atoms with Gasteiger partial charge in [0.05, 0.1) is 0 Å². The van der Waals surface area contributed by atoms with Gasteiger partial charge in [-0.05, 0) is 24.8 Å². The third-order valence-electron chi connectivity index (χ3n) is 3.24. The lowest BCUT2D eigenvalue weighted by Gasteiger charge is -2.19. The summed E-state index contributed by atoms with van der Waals surface area (Å²) in [5.74, 6) is 0. The molecule has 0 spiro atoms. The smallest absolute Gasteiger partial charge is 0.410 e. The fraction of sp³-hybridized carbons (Fsp3) is 0.500. The van der Waals surface area contributed by atoms with Crippen LogP contribution in [0.4, 0.5) is 4.79 Å². The molecule has 1 amide bonds. The zero-order valence-electron chi connectivity index (χ0n) is 10.5. The van der Waals surface area contributed by atoms with Gasteiger partial charge < -0.3 is 15.4 Å². The van der Waals surface area contributed by atoms with Gasteiger partial charge in [0.2, 0.25) is 0 Å². The van der Waals surface area contributed by atoms with Gasteiger partial charge in [-0.2, -0.15) is 0 Å². The number of nitrogens with two attached hydrogens (primary N) is 1. The number of rotatable bonds is 2. The van der Waals surface area contributed by atoms with Crippen LogP contribution in [-0.2, 0) is 11.3 Å². The Morgan fingerprint density at radius 2 is 2.06 bits per heavy atom. The second-order valence-corrected chi connectivity index (χ2v) is 4.72. The predicted octanol–water partition coefficient (Wildman–Crippen LogP) is 2.14. The Balaban J connectivity index is 1.80. The molecule has 18 heavy (non-hydrogen) atoms. The normalized spacial score (nSPS) is 20.3. The summed E-state index contributed by atoms with van der Waals surface area (Å²) in [6.45, 7) is 1.79. The highest BCUT2D eigenvalue weighted by atomic mass is 16.6. The van der Waals surface area contributed by atoms with Crippen LogP contribution in [0.15, 0.2) is 30.3 Å². The summed E-state index contributed by atoms with van der Waals surface area (Å²) in [5.41, 5.74) is 6.89. The van der Waals surface area contributed by atoms with Crippen LogP contribution in [-0.4, -0.2) is 30.1 Å². The van der Waals surface area contributed by atoms with Crippen molar-refractivity contribution < 1.29 is 9.53 Å². The topological polar surface area (TPSA) is 55.6 Å². The molecule has 2 rings (SSSR count). The molecule has 4 nitrogen and oxygen atoms in total. The third-order valence-corrected chi connectivity index (χ3v) is 3.24. The van der Waals surface area contributed by atoms with Gasteiger partial charge in [0, 0.05) is 19.1 Å². The van der Waals surface area contributed by atoms with Gasteiger partial charge in [-0.25, -0.2) is 4.79 Å². The molecule has 4 heteroatoms. The van der Waals surface area contributed by atoms with Crippen LogP contribution < -0.4 is 5.73 Å². The van der Waals surface area contributed by atoms with E-state index in [1.54, 1.807) is 4.90 Å². The Hall–Kier alpha value is -1.55. The van der Waals surface area contributed by atoms with E-state index in [1.165, 1.54) is 0 Å². The fourth-order valence-electron chi connectivity index (χ4n) is 2.12. The number of carbonyl (C=O) groups excluding carboxylic acids is 1. The number of ether oxygens (including phenoxy) is 1. The Morgan fingerprint density at radius 1 is 1.28 bits per heavy atom. The first-order valence-corrected chi connectivity index (χ1v) is 6.47. The van der Waals surface area contributed by atoms with Crippen LogP contribution >= 0.6 is 0 Å². The average Bonchev–Trinajstić information content (AvgIpc) is 2.62. The number of nitrogens with zero attached hydrogens (tertiary/aromatic N) is 1. The largest absolute Gasteiger partial charge is 0.445 e. The minimum atomic E-state index is -0.229. The molecule has 0 bridgehead atoms. The summed E-state index contributed by atoms with van der Waals surface area (Å²) in [5, 5.41) is 0. The van der Waals surface area contributed by atoms with E-state index in [2.05, 4.69) is 0 Å². The second kappa shape index (κ2) is 6.40. The lowest BCUT2D eigenvalue weighted by atomic mass is 10.1. The van der Waals surface area contributed by atoms with Crippen molar-refractivity contribution in [3.63, 3.8) is 0 Å². The highest BCUT2D eigenvalue weighted by Crippen LogP contribution is 2.11. The van der Waals surface area contributed by atoms with Crippen molar-refractivity contribution in [1.82, 2.24) is 4.90 Å². The van der Waals surface area contributed by atoms with E-state index >= 15 is 0 Å². The minimum absolute atomic E-state index is 0.219. The van der Waals surface area contributed by atoms with Gasteiger partial charge in [-0.3, -0.25) is 0 Å². The molecule has 0 aliphatic carbocycles. The molecule has 2 N–H and O–H groups in total. The summed E-state index contributed by atoms with van der Waals surface area (Å²) >= 11 is 0. The molecule has 1 atom stereocenters. The van der Waals surface area contributed by atoms with E-state index < -0.39 is 0 Å². The summed E-state index contributed by atoms with van der Waals surface area (Å²) in [4.78, 5) is 13.7. The van der Waals surface area contributed by atoms with Gasteiger partial charge in [-0.15, -0.1) is 0 Å². The maximum Gasteiger partial charge on any atom is 0.410 e. The molecule has 98 valence electrons. The summed E-state index contributed by atoms with van der Waals surface area (Å²) in [6, 6.07) is 9.94. The number of hydrogen-bond acceptors (Lipinski definition) is 3. The molecular weight excluding hydrogens is 228 g/mol. The van der Waals surface area contributed by atoms with Gasteiger partial charge >= 0.3 is 6.09 Å². The zero-order chi connectivity index (χ0) is 12.8. The Labute approximate surface area is 108 Å². The predicted molar refractivity (Wildman–Crippen MR) is 70.0 cm³/mol. The molecule has 1 aromatic carbocycles. The molecule has 1 heterocycles.